The molecule has 0 spiro atoms. The molecular weight excluding hydrogens is 386 g/mol. The summed E-state index contributed by atoms with van der Waals surface area (Å²) in [6.45, 7) is 2.57. The molecule has 6 nitrogen and oxygen atoms in total. The molecule has 1 N–H and O–H groups in total. The zero-order valence-electron chi connectivity index (χ0n) is 17.2. The average molecular weight is 420 g/mol. The van der Waals surface area contributed by atoms with Crippen molar-refractivity contribution in [3.05, 3.63) is 24.3 Å². The van der Waals surface area contributed by atoms with E-state index >= 15 is 0 Å². The van der Waals surface area contributed by atoms with Crippen LogP contribution in [0.5, 0.6) is 0 Å². The van der Waals surface area contributed by atoms with E-state index in [2.05, 4.69) is 10.2 Å². The molecule has 29 heavy (non-hydrogen) atoms. The number of nitrogens with one attached hydrogen (secondary N) is 1. The van der Waals surface area contributed by atoms with Crippen LogP contribution < -0.4 is 5.32 Å². The first kappa shape index (κ1) is 20.8. The van der Waals surface area contributed by atoms with Gasteiger partial charge in [-0.3, -0.25) is 9.69 Å². The molecule has 160 valence electrons. The molecule has 1 aliphatic heterocycles. The Bertz CT molecular complexity index is 810. The van der Waals surface area contributed by atoms with Gasteiger partial charge in [-0.15, -0.1) is 0 Å². The van der Waals surface area contributed by atoms with Gasteiger partial charge in [-0.2, -0.15) is 4.31 Å². The van der Waals surface area contributed by atoms with Gasteiger partial charge in [0, 0.05) is 31.4 Å². The Hall–Kier alpha value is -1.44. The van der Waals surface area contributed by atoms with Gasteiger partial charge in [0.15, 0.2) is 0 Å². The summed E-state index contributed by atoms with van der Waals surface area (Å²) in [5, 5.41) is 2.93. The summed E-state index contributed by atoms with van der Waals surface area (Å²) in [7, 11) is -3.47. The highest BCUT2D eigenvalue weighted by Gasteiger charge is 2.32. The van der Waals surface area contributed by atoms with E-state index in [0.717, 1.165) is 19.4 Å². The average Bonchev–Trinajstić information content (AvgIpc) is 3.41. The Balaban J connectivity index is 1.37. The fourth-order valence-corrected chi connectivity index (χ4v) is 6.24. The first-order chi connectivity index (χ1) is 14.0. The number of hydrogen-bond donors (Lipinski definition) is 1. The molecule has 0 radical (unpaired) electrons. The number of benzene rings is 1. The number of nitrogens with zero attached hydrogens (tertiary/aromatic N) is 2. The maximum absolute atomic E-state index is 12.8. The van der Waals surface area contributed by atoms with Crippen LogP contribution in [-0.2, 0) is 14.8 Å². The monoisotopic (exact) mass is 419 g/mol. The lowest BCUT2D eigenvalue weighted by Crippen LogP contribution is -2.38. The van der Waals surface area contributed by atoms with Crippen LogP contribution in [0.4, 0.5) is 5.69 Å². The third kappa shape index (κ3) is 5.38. The number of anilines is 1. The number of amides is 1. The zero-order valence-corrected chi connectivity index (χ0v) is 18.0. The van der Waals surface area contributed by atoms with Crippen molar-refractivity contribution in [3.63, 3.8) is 0 Å². The van der Waals surface area contributed by atoms with E-state index in [4.69, 9.17) is 0 Å². The fourth-order valence-electron chi connectivity index (χ4n) is 4.68. The topological polar surface area (TPSA) is 69.7 Å². The van der Waals surface area contributed by atoms with Gasteiger partial charge in [0.05, 0.1) is 11.4 Å². The Morgan fingerprint density at radius 1 is 1.03 bits per heavy atom. The van der Waals surface area contributed by atoms with Gasteiger partial charge in [0.1, 0.15) is 0 Å². The summed E-state index contributed by atoms with van der Waals surface area (Å²) in [5.74, 6) is 0.662. The van der Waals surface area contributed by atoms with E-state index in [1.807, 2.05) is 0 Å². The highest BCUT2D eigenvalue weighted by atomic mass is 32.2. The maximum atomic E-state index is 12.8. The predicted molar refractivity (Wildman–Crippen MR) is 114 cm³/mol. The van der Waals surface area contributed by atoms with Gasteiger partial charge in [0.2, 0.25) is 15.9 Å². The van der Waals surface area contributed by atoms with Crippen LogP contribution in [0, 0.1) is 5.92 Å². The molecule has 1 aromatic rings. The van der Waals surface area contributed by atoms with Gasteiger partial charge in [-0.05, 0) is 62.6 Å². The second-order valence-corrected chi connectivity index (χ2v) is 10.8. The molecule has 1 heterocycles. The van der Waals surface area contributed by atoms with Crippen LogP contribution in [0.15, 0.2) is 29.2 Å². The predicted octanol–water partition coefficient (Wildman–Crippen LogP) is 3.45. The van der Waals surface area contributed by atoms with E-state index in [9.17, 15) is 13.2 Å². The number of sulfonamides is 1. The van der Waals surface area contributed by atoms with E-state index < -0.39 is 10.0 Å². The molecule has 3 fully saturated rings. The Morgan fingerprint density at radius 3 is 2.45 bits per heavy atom. The van der Waals surface area contributed by atoms with Gasteiger partial charge in [-0.25, -0.2) is 8.42 Å². The molecule has 1 saturated heterocycles. The quantitative estimate of drug-likeness (QED) is 0.701. The van der Waals surface area contributed by atoms with Crippen molar-refractivity contribution in [2.45, 2.75) is 68.7 Å². The highest BCUT2D eigenvalue weighted by Crippen LogP contribution is 2.31. The molecule has 3 aliphatic rings. The molecule has 2 saturated carbocycles. The van der Waals surface area contributed by atoms with Gasteiger partial charge in [-0.1, -0.05) is 25.3 Å². The minimum absolute atomic E-state index is 0.0524. The third-order valence-electron chi connectivity index (χ3n) is 6.45. The first-order valence-electron chi connectivity index (χ1n) is 11.2. The molecule has 7 heteroatoms. The standard InChI is InChI=1S/C22H33N3O3S/c26-22(17-24(20-11-12-20)16-18-7-2-1-3-8-18)23-19-9-6-10-21(15-19)29(27,28)25-13-4-5-14-25/h6,9-10,15,18,20H,1-5,7-8,11-14,16-17H2,(H,23,26). The van der Waals surface area contributed by atoms with Crippen molar-refractivity contribution >= 4 is 21.6 Å². The number of carbonyl (C=O) groups is 1. The molecule has 1 amide bonds. The van der Waals surface area contributed by atoms with E-state index in [-0.39, 0.29) is 10.8 Å². The van der Waals surface area contributed by atoms with Crippen molar-refractivity contribution in [2.24, 2.45) is 5.92 Å². The normalized spacial score (nSPS) is 21.6. The van der Waals surface area contributed by atoms with Crippen LogP contribution in [-0.4, -0.2) is 55.8 Å². The summed E-state index contributed by atoms with van der Waals surface area (Å²) >= 11 is 0. The largest absolute Gasteiger partial charge is 0.325 e. The molecule has 4 rings (SSSR count). The van der Waals surface area contributed by atoms with Gasteiger partial charge in [0.25, 0.3) is 0 Å². The lowest BCUT2D eigenvalue weighted by molar-refractivity contribution is -0.117. The summed E-state index contributed by atoms with van der Waals surface area (Å²) in [4.78, 5) is 15.3. The van der Waals surface area contributed by atoms with Gasteiger partial charge < -0.3 is 5.32 Å². The van der Waals surface area contributed by atoms with Crippen LogP contribution in [0.1, 0.15) is 57.8 Å². The van der Waals surface area contributed by atoms with Crippen molar-refractivity contribution in [1.82, 2.24) is 9.21 Å². The molecule has 1 aromatic carbocycles. The lowest BCUT2D eigenvalue weighted by atomic mass is 9.89. The third-order valence-corrected chi connectivity index (χ3v) is 8.34. The summed E-state index contributed by atoms with van der Waals surface area (Å²) in [6, 6.07) is 7.23. The Labute approximate surface area is 174 Å². The first-order valence-corrected chi connectivity index (χ1v) is 12.6. The highest BCUT2D eigenvalue weighted by molar-refractivity contribution is 7.89. The second-order valence-electron chi connectivity index (χ2n) is 8.85. The molecule has 2 aliphatic carbocycles. The number of carbonyl (C=O) groups excluding carboxylic acids is 1. The SMILES string of the molecule is O=C(CN(CC1CCCCC1)C1CC1)Nc1cccc(S(=O)(=O)N2CCCC2)c1. The molecule has 0 unspecified atom stereocenters. The number of rotatable bonds is 8. The van der Waals surface area contributed by atoms with E-state index in [0.29, 0.717) is 37.3 Å². The second kappa shape index (κ2) is 9.14. The smallest absolute Gasteiger partial charge is 0.243 e. The zero-order chi connectivity index (χ0) is 20.3. The molecular formula is C22H33N3O3S. The van der Waals surface area contributed by atoms with Crippen molar-refractivity contribution in [3.8, 4) is 0 Å². The van der Waals surface area contributed by atoms with Gasteiger partial charge >= 0.3 is 0 Å². The van der Waals surface area contributed by atoms with Crippen LogP contribution in [0.3, 0.4) is 0 Å². The minimum Gasteiger partial charge on any atom is -0.325 e. The van der Waals surface area contributed by atoms with Crippen LogP contribution in [0.2, 0.25) is 0 Å². The van der Waals surface area contributed by atoms with Crippen molar-refractivity contribution < 1.29 is 13.2 Å². The molecule has 0 atom stereocenters. The Morgan fingerprint density at radius 2 is 1.76 bits per heavy atom. The maximum Gasteiger partial charge on any atom is 0.243 e. The summed E-state index contributed by atoms with van der Waals surface area (Å²) in [5.41, 5.74) is 0.559. The molecule has 0 aromatic heterocycles. The van der Waals surface area contributed by atoms with Crippen molar-refractivity contribution in [2.75, 3.05) is 31.5 Å². The lowest BCUT2D eigenvalue weighted by Gasteiger charge is -2.29. The minimum atomic E-state index is -3.47. The fraction of sp³-hybridized carbons (Fsp3) is 0.682. The van der Waals surface area contributed by atoms with Crippen LogP contribution >= 0.6 is 0 Å². The van der Waals surface area contributed by atoms with Crippen LogP contribution in [0.25, 0.3) is 0 Å². The summed E-state index contributed by atoms with van der Waals surface area (Å²) < 4.78 is 27.1. The van der Waals surface area contributed by atoms with E-state index in [1.54, 1.807) is 24.3 Å². The summed E-state index contributed by atoms with van der Waals surface area (Å²) in [6.07, 6.45) is 10.7. The molecule has 0 bridgehead atoms. The van der Waals surface area contributed by atoms with Crippen molar-refractivity contribution in [1.29, 1.82) is 0 Å². The Kier molecular flexibility index (Phi) is 6.56. The number of hydrogen-bond acceptors (Lipinski definition) is 4. The van der Waals surface area contributed by atoms with E-state index in [1.165, 1.54) is 49.3 Å².